The van der Waals surface area contributed by atoms with Crippen molar-refractivity contribution in [3.63, 3.8) is 0 Å². The number of esters is 1. The summed E-state index contributed by atoms with van der Waals surface area (Å²) in [5.74, 6) is -0.0736. The van der Waals surface area contributed by atoms with Gasteiger partial charge in [0.1, 0.15) is 6.10 Å². The molecule has 0 aliphatic carbocycles. The number of carbonyl (C=O) groups is 1. The zero-order valence-electron chi connectivity index (χ0n) is 30.7. The van der Waals surface area contributed by atoms with Crippen molar-refractivity contribution in [1.82, 2.24) is 0 Å². The van der Waals surface area contributed by atoms with Gasteiger partial charge in [0.25, 0.3) is 0 Å². The van der Waals surface area contributed by atoms with Gasteiger partial charge in [-0.1, -0.05) is 91.6 Å². The largest absolute Gasteiger partial charge is 0.462 e. The van der Waals surface area contributed by atoms with Gasteiger partial charge < -0.3 is 18.6 Å². The van der Waals surface area contributed by atoms with Crippen molar-refractivity contribution in [2.75, 3.05) is 6.61 Å². The van der Waals surface area contributed by atoms with Crippen molar-refractivity contribution in [2.45, 2.75) is 143 Å². The number of hydrogen-bond donors (Lipinski definition) is 0. The molecule has 1 unspecified atom stereocenters. The molecular weight excluding hydrogens is 595 g/mol. The fourth-order valence-electron chi connectivity index (χ4n) is 5.29. The lowest BCUT2D eigenvalue weighted by Crippen LogP contribution is -2.48. The van der Waals surface area contributed by atoms with Crippen LogP contribution in [-0.4, -0.2) is 59.3 Å². The second-order valence-corrected chi connectivity index (χ2v) is 26.9. The Hall–Kier alpha value is -1.85. The third-order valence-electron chi connectivity index (χ3n) is 9.53. The van der Waals surface area contributed by atoms with E-state index in [4.69, 9.17) is 18.6 Å². The highest BCUT2D eigenvalue weighted by Crippen LogP contribution is 2.41. The number of rotatable bonds is 13. The fraction of sp³-hybridized carbons (Fsp3) is 0.676. The number of benzene rings is 1. The number of aryl methyl sites for hydroxylation is 1. The number of nitrogens with zero attached hydrogens (tertiary/aromatic N) is 1. The second kappa shape index (κ2) is 14.5. The molecule has 0 radical (unpaired) electrons. The van der Waals surface area contributed by atoms with Gasteiger partial charge in [-0.15, -0.1) is 0 Å². The third kappa shape index (κ3) is 10.1. The van der Waals surface area contributed by atoms with Crippen molar-refractivity contribution < 1.29 is 23.4 Å². The minimum absolute atomic E-state index is 0.0548. The van der Waals surface area contributed by atoms with Crippen molar-refractivity contribution >= 4 is 40.3 Å². The average Bonchev–Trinajstić information content (AvgIpc) is 3.47. The molecule has 0 saturated carbocycles. The van der Waals surface area contributed by atoms with E-state index in [9.17, 15) is 4.79 Å². The standard InChI is InChI=1S/C37H61NO5Si2/c1-25(2)26(3)18-19-31(43-45(13,14)36(5,6)7)34-30(41-37(8,9)42-34)17-15-16-29-32(35(39)40-22-23-44(10,11)12)27(4)24-28-20-21-38-33(28)29/h15-16,18-19,21,24-26,30-31,34H,17,20,22-23H2,1-14H3/b16-15+,19-18-/t26-,30+,31?,34+/m1/s1. The first-order chi connectivity index (χ1) is 20.6. The minimum Gasteiger partial charge on any atom is -0.462 e. The quantitative estimate of drug-likeness (QED) is 0.120. The molecule has 0 bridgehead atoms. The molecule has 0 N–H and O–H groups in total. The first-order valence-corrected chi connectivity index (χ1v) is 23.5. The highest BCUT2D eigenvalue weighted by molar-refractivity contribution is 6.76. The van der Waals surface area contributed by atoms with Crippen LogP contribution in [0.2, 0.25) is 43.8 Å². The van der Waals surface area contributed by atoms with Crippen LogP contribution in [-0.2, 0) is 25.1 Å². The van der Waals surface area contributed by atoms with Crippen LogP contribution in [0, 0.1) is 18.8 Å². The smallest absolute Gasteiger partial charge is 0.339 e. The summed E-state index contributed by atoms with van der Waals surface area (Å²) in [5.41, 5.74) is 4.34. The molecule has 45 heavy (non-hydrogen) atoms. The Morgan fingerprint density at radius 1 is 1.11 bits per heavy atom. The van der Waals surface area contributed by atoms with Gasteiger partial charge in [-0.2, -0.15) is 0 Å². The van der Waals surface area contributed by atoms with E-state index in [2.05, 4.69) is 104 Å². The Labute approximate surface area is 276 Å². The third-order valence-corrected chi connectivity index (χ3v) is 15.7. The van der Waals surface area contributed by atoms with Crippen molar-refractivity contribution in [2.24, 2.45) is 16.8 Å². The summed E-state index contributed by atoms with van der Waals surface area (Å²) in [5, 5.41) is 0.0548. The average molecular weight is 656 g/mol. The molecule has 1 aromatic carbocycles. The monoisotopic (exact) mass is 655 g/mol. The lowest BCUT2D eigenvalue weighted by molar-refractivity contribution is -0.151. The van der Waals surface area contributed by atoms with Crippen LogP contribution >= 0.6 is 0 Å². The van der Waals surface area contributed by atoms with E-state index in [1.807, 2.05) is 33.1 Å². The molecule has 6 nitrogen and oxygen atoms in total. The van der Waals surface area contributed by atoms with Crippen LogP contribution in [0.25, 0.3) is 6.08 Å². The van der Waals surface area contributed by atoms with Crippen molar-refractivity contribution in [3.05, 3.63) is 46.5 Å². The Morgan fingerprint density at radius 3 is 2.38 bits per heavy atom. The van der Waals surface area contributed by atoms with Gasteiger partial charge in [-0.3, -0.25) is 4.99 Å². The molecule has 0 aromatic heterocycles. The Kier molecular flexibility index (Phi) is 12.1. The van der Waals surface area contributed by atoms with Gasteiger partial charge in [0.05, 0.1) is 30.1 Å². The van der Waals surface area contributed by atoms with Crippen molar-refractivity contribution in [1.29, 1.82) is 0 Å². The van der Waals surface area contributed by atoms with E-state index in [0.29, 0.717) is 30.4 Å². The van der Waals surface area contributed by atoms with Crippen LogP contribution in [0.5, 0.6) is 0 Å². The van der Waals surface area contributed by atoms with Gasteiger partial charge in [-0.05, 0) is 74.3 Å². The number of ether oxygens (including phenoxy) is 3. The molecule has 3 rings (SSSR count). The van der Waals surface area contributed by atoms with Crippen molar-refractivity contribution in [3.8, 4) is 0 Å². The van der Waals surface area contributed by atoms with Crippen LogP contribution in [0.3, 0.4) is 0 Å². The number of aliphatic imine (C=N–C) groups is 1. The number of allylic oxidation sites excluding steroid dienone is 1. The van der Waals surface area contributed by atoms with Gasteiger partial charge in [0, 0.05) is 26.3 Å². The van der Waals surface area contributed by atoms with Gasteiger partial charge in [-0.25, -0.2) is 4.79 Å². The molecule has 8 heteroatoms. The minimum atomic E-state index is -2.13. The molecule has 252 valence electrons. The summed E-state index contributed by atoms with van der Waals surface area (Å²) < 4.78 is 26.0. The van der Waals surface area contributed by atoms with E-state index in [0.717, 1.165) is 34.8 Å². The molecule has 1 saturated heterocycles. The normalized spacial score (nSPS) is 21.7. The predicted octanol–water partition coefficient (Wildman–Crippen LogP) is 9.91. The summed E-state index contributed by atoms with van der Waals surface area (Å²) in [7, 11) is -3.46. The highest BCUT2D eigenvalue weighted by Gasteiger charge is 2.48. The lowest BCUT2D eigenvalue weighted by Gasteiger charge is -2.40. The molecule has 2 aliphatic heterocycles. The summed E-state index contributed by atoms with van der Waals surface area (Å²) in [4.78, 5) is 18.1. The first kappa shape index (κ1) is 37.6. The van der Waals surface area contributed by atoms with E-state index in [1.54, 1.807) is 0 Å². The maximum absolute atomic E-state index is 13.4. The molecule has 1 fully saturated rings. The van der Waals surface area contributed by atoms with Crippen LogP contribution in [0.1, 0.15) is 88.9 Å². The van der Waals surface area contributed by atoms with Crippen LogP contribution in [0.15, 0.2) is 29.3 Å². The van der Waals surface area contributed by atoms with Gasteiger partial charge in [0.15, 0.2) is 14.1 Å². The molecule has 0 spiro atoms. The number of hydrogen-bond acceptors (Lipinski definition) is 6. The summed E-state index contributed by atoms with van der Waals surface area (Å²) >= 11 is 0. The van der Waals surface area contributed by atoms with Crippen LogP contribution in [0.4, 0.5) is 5.69 Å². The predicted molar refractivity (Wildman–Crippen MR) is 194 cm³/mol. The zero-order chi connectivity index (χ0) is 34.0. The maximum Gasteiger partial charge on any atom is 0.339 e. The van der Waals surface area contributed by atoms with E-state index in [1.165, 1.54) is 0 Å². The van der Waals surface area contributed by atoms with Crippen LogP contribution < -0.4 is 0 Å². The molecular formula is C37H61NO5Si2. The lowest BCUT2D eigenvalue weighted by atomic mass is 9.94. The Bertz CT molecular complexity index is 1280. The molecule has 2 aliphatic rings. The maximum atomic E-state index is 13.4. The summed E-state index contributed by atoms with van der Waals surface area (Å²) in [6.07, 6.45) is 11.2. The SMILES string of the molecule is Cc1cc2c(c(/C=C/C[C@@H]3OC(C)(C)O[C@@H]3C(/C=C\[C@@H](C)C(C)C)O[Si](C)(C)C(C)(C)C)c1C(=O)OCC[Si](C)(C)C)N=CC2. The van der Waals surface area contributed by atoms with E-state index >= 15 is 0 Å². The van der Waals surface area contributed by atoms with Gasteiger partial charge in [0.2, 0.25) is 0 Å². The second-order valence-electron chi connectivity index (χ2n) is 16.6. The van der Waals surface area contributed by atoms with E-state index < -0.39 is 22.2 Å². The summed E-state index contributed by atoms with van der Waals surface area (Å²) in [6, 6.07) is 3.01. The molecule has 4 atom stereocenters. The van der Waals surface area contributed by atoms with E-state index in [-0.39, 0.29) is 29.3 Å². The highest BCUT2D eigenvalue weighted by atomic mass is 28.4. The van der Waals surface area contributed by atoms with Gasteiger partial charge >= 0.3 is 5.97 Å². The summed E-state index contributed by atoms with van der Waals surface area (Å²) in [6.45, 7) is 31.4. The molecule has 0 amide bonds. The zero-order valence-corrected chi connectivity index (χ0v) is 32.7. The Balaban J connectivity index is 1.94. The first-order valence-electron chi connectivity index (χ1n) is 16.9. The molecule has 2 heterocycles. The molecule has 1 aromatic rings. The Morgan fingerprint density at radius 2 is 1.78 bits per heavy atom. The fourth-order valence-corrected chi connectivity index (χ4v) is 7.25. The topological polar surface area (TPSA) is 66.4 Å². The number of carbonyl (C=O) groups excluding carboxylic acids is 1. The number of fused-ring (bicyclic) bond motifs is 1.